The summed E-state index contributed by atoms with van der Waals surface area (Å²) in [7, 11) is 0. The van der Waals surface area contributed by atoms with E-state index >= 15 is 0 Å². The molecule has 2 aliphatic heterocycles. The fraction of sp³-hybridized carbons (Fsp3) is 0.889. The number of amides is 1. The first-order chi connectivity index (χ1) is 6.13. The molecule has 0 radical (unpaired) electrons. The van der Waals surface area contributed by atoms with Gasteiger partial charge in [-0.2, -0.15) is 0 Å². The molecule has 0 aromatic rings. The molecule has 2 heterocycles. The summed E-state index contributed by atoms with van der Waals surface area (Å²) in [6, 6.07) is -0.352. The highest BCUT2D eigenvalue weighted by molar-refractivity contribution is 5.81. The summed E-state index contributed by atoms with van der Waals surface area (Å²) in [4.78, 5) is 13.4. The van der Waals surface area contributed by atoms with Crippen molar-refractivity contribution in [3.05, 3.63) is 0 Å². The number of rotatable bonds is 1. The molecule has 0 unspecified atom stereocenters. The van der Waals surface area contributed by atoms with Gasteiger partial charge in [-0.3, -0.25) is 4.79 Å². The summed E-state index contributed by atoms with van der Waals surface area (Å²) in [6.45, 7) is 4.57. The lowest BCUT2D eigenvalue weighted by molar-refractivity contribution is -0.131. The quantitative estimate of drug-likeness (QED) is 0.565. The predicted molar refractivity (Wildman–Crippen MR) is 50.2 cm³/mol. The Kier molecular flexibility index (Phi) is 2.04. The minimum Gasteiger partial charge on any atom is -0.339 e. The molecule has 2 aliphatic rings. The molecule has 13 heavy (non-hydrogen) atoms. The summed E-state index contributed by atoms with van der Waals surface area (Å²) >= 11 is 0. The maximum absolute atomic E-state index is 11.5. The number of hydrogen-bond donors (Lipinski definition) is 2. The zero-order valence-corrected chi connectivity index (χ0v) is 8.05. The normalized spacial score (nSPS) is 34.8. The first kappa shape index (κ1) is 8.97. The molecular weight excluding hydrogens is 166 g/mol. The van der Waals surface area contributed by atoms with Crippen molar-refractivity contribution in [2.45, 2.75) is 31.3 Å². The third-order valence-corrected chi connectivity index (χ3v) is 3.16. The van der Waals surface area contributed by atoms with Gasteiger partial charge >= 0.3 is 0 Å². The second-order valence-electron chi connectivity index (χ2n) is 4.26. The molecule has 0 bridgehead atoms. The van der Waals surface area contributed by atoms with Gasteiger partial charge in [-0.25, -0.2) is 0 Å². The van der Waals surface area contributed by atoms with Crippen LogP contribution in [-0.2, 0) is 4.79 Å². The molecule has 1 spiro atoms. The number of nitrogens with one attached hydrogen (secondary N) is 1. The highest BCUT2D eigenvalue weighted by atomic mass is 16.2. The van der Waals surface area contributed by atoms with Gasteiger partial charge in [-0.05, 0) is 26.3 Å². The van der Waals surface area contributed by atoms with Crippen molar-refractivity contribution in [2.24, 2.45) is 5.73 Å². The van der Waals surface area contributed by atoms with Crippen molar-refractivity contribution in [1.82, 2.24) is 10.2 Å². The van der Waals surface area contributed by atoms with Crippen LogP contribution in [0.1, 0.15) is 19.8 Å². The minimum atomic E-state index is -0.352. The lowest BCUT2D eigenvalue weighted by Gasteiger charge is -2.39. The lowest BCUT2D eigenvalue weighted by atomic mass is 9.87. The smallest absolute Gasteiger partial charge is 0.239 e. The van der Waals surface area contributed by atoms with E-state index in [1.165, 1.54) is 6.42 Å². The molecule has 3 N–H and O–H groups in total. The molecule has 74 valence electrons. The second-order valence-corrected chi connectivity index (χ2v) is 4.26. The van der Waals surface area contributed by atoms with Gasteiger partial charge in [0.25, 0.3) is 0 Å². The van der Waals surface area contributed by atoms with Crippen molar-refractivity contribution in [3.63, 3.8) is 0 Å². The van der Waals surface area contributed by atoms with E-state index in [2.05, 4.69) is 5.32 Å². The maximum Gasteiger partial charge on any atom is 0.239 e. The largest absolute Gasteiger partial charge is 0.339 e. The van der Waals surface area contributed by atoms with Gasteiger partial charge in [-0.1, -0.05) is 0 Å². The summed E-state index contributed by atoms with van der Waals surface area (Å²) < 4.78 is 0. The molecule has 0 aromatic carbocycles. The van der Waals surface area contributed by atoms with Crippen LogP contribution in [-0.4, -0.2) is 42.0 Å². The van der Waals surface area contributed by atoms with Gasteiger partial charge in [0.1, 0.15) is 0 Å². The monoisotopic (exact) mass is 183 g/mol. The Hall–Kier alpha value is -0.610. The molecule has 0 aromatic heterocycles. The minimum absolute atomic E-state index is 0.0885. The summed E-state index contributed by atoms with van der Waals surface area (Å²) in [5.74, 6) is 0.0885. The Balaban J connectivity index is 1.94. The number of hydrogen-bond acceptors (Lipinski definition) is 3. The third kappa shape index (κ3) is 1.44. The summed E-state index contributed by atoms with van der Waals surface area (Å²) in [5.41, 5.74) is 5.81. The molecule has 2 rings (SSSR count). The lowest BCUT2D eigenvalue weighted by Crippen LogP contribution is -2.59. The van der Waals surface area contributed by atoms with Crippen LogP contribution in [0.25, 0.3) is 0 Å². The summed E-state index contributed by atoms with van der Waals surface area (Å²) in [6.07, 6.45) is 2.29. The molecule has 0 aliphatic carbocycles. The fourth-order valence-corrected chi connectivity index (χ4v) is 2.18. The molecule has 4 nitrogen and oxygen atoms in total. The maximum atomic E-state index is 11.5. The first-order valence-electron chi connectivity index (χ1n) is 4.92. The number of carbonyl (C=O) groups excluding carboxylic acids is 1. The van der Waals surface area contributed by atoms with Gasteiger partial charge in [0.2, 0.25) is 5.91 Å². The average molecular weight is 183 g/mol. The van der Waals surface area contributed by atoms with Crippen LogP contribution in [0.3, 0.4) is 0 Å². The van der Waals surface area contributed by atoms with Crippen LogP contribution in [0.2, 0.25) is 0 Å². The van der Waals surface area contributed by atoms with E-state index in [0.717, 1.165) is 26.1 Å². The van der Waals surface area contributed by atoms with Gasteiger partial charge < -0.3 is 16.0 Å². The van der Waals surface area contributed by atoms with E-state index in [-0.39, 0.29) is 17.5 Å². The number of nitrogens with zero attached hydrogens (tertiary/aromatic N) is 1. The van der Waals surface area contributed by atoms with E-state index in [1.54, 1.807) is 6.92 Å². The number of likely N-dealkylation sites (tertiary alicyclic amines) is 1. The fourth-order valence-electron chi connectivity index (χ4n) is 2.18. The summed E-state index contributed by atoms with van der Waals surface area (Å²) in [5, 5.41) is 3.41. The highest BCUT2D eigenvalue weighted by Gasteiger charge is 2.44. The number of nitrogens with two attached hydrogens (primary N) is 1. The number of carbonyl (C=O) groups is 1. The Labute approximate surface area is 78.5 Å². The van der Waals surface area contributed by atoms with Crippen LogP contribution in [0.4, 0.5) is 0 Å². The van der Waals surface area contributed by atoms with Crippen LogP contribution < -0.4 is 11.1 Å². The Morgan fingerprint density at radius 2 is 2.31 bits per heavy atom. The van der Waals surface area contributed by atoms with E-state index < -0.39 is 0 Å². The molecule has 1 amide bonds. The van der Waals surface area contributed by atoms with Crippen LogP contribution >= 0.6 is 0 Å². The van der Waals surface area contributed by atoms with E-state index in [4.69, 9.17) is 5.73 Å². The molecule has 2 saturated heterocycles. The topological polar surface area (TPSA) is 58.4 Å². The van der Waals surface area contributed by atoms with Gasteiger partial charge in [-0.15, -0.1) is 0 Å². The zero-order valence-electron chi connectivity index (χ0n) is 8.05. The predicted octanol–water partition coefficient (Wildman–Crippen LogP) is -0.702. The van der Waals surface area contributed by atoms with Crippen molar-refractivity contribution in [1.29, 1.82) is 0 Å². The third-order valence-electron chi connectivity index (χ3n) is 3.16. The standard InChI is InChI=1S/C9H17N3O/c1-7(10)8(13)12-5-3-9(6-12)2-4-11-9/h7,11H,2-6,10H2,1H3/t7-,9+/m0/s1. The Bertz CT molecular complexity index is 223. The van der Waals surface area contributed by atoms with E-state index in [0.29, 0.717) is 0 Å². The zero-order chi connectivity index (χ0) is 9.47. The van der Waals surface area contributed by atoms with Gasteiger partial charge in [0.15, 0.2) is 0 Å². The van der Waals surface area contributed by atoms with Crippen molar-refractivity contribution < 1.29 is 4.79 Å². The van der Waals surface area contributed by atoms with E-state index in [9.17, 15) is 4.79 Å². The first-order valence-corrected chi connectivity index (χ1v) is 4.92. The SMILES string of the molecule is C[C@H](N)C(=O)N1CC[C@]2(CCN2)C1. The second kappa shape index (κ2) is 2.96. The van der Waals surface area contributed by atoms with Crippen LogP contribution in [0.5, 0.6) is 0 Å². The highest BCUT2D eigenvalue weighted by Crippen LogP contribution is 2.30. The average Bonchev–Trinajstić information content (AvgIpc) is 2.45. The Morgan fingerprint density at radius 1 is 1.62 bits per heavy atom. The van der Waals surface area contributed by atoms with Crippen LogP contribution in [0.15, 0.2) is 0 Å². The van der Waals surface area contributed by atoms with Gasteiger partial charge in [0.05, 0.1) is 6.04 Å². The van der Waals surface area contributed by atoms with E-state index in [1.807, 2.05) is 4.90 Å². The van der Waals surface area contributed by atoms with Crippen LogP contribution in [0, 0.1) is 0 Å². The molecule has 0 saturated carbocycles. The molecule has 4 heteroatoms. The van der Waals surface area contributed by atoms with Crippen molar-refractivity contribution in [2.75, 3.05) is 19.6 Å². The Morgan fingerprint density at radius 3 is 2.69 bits per heavy atom. The van der Waals surface area contributed by atoms with Gasteiger partial charge in [0, 0.05) is 18.6 Å². The van der Waals surface area contributed by atoms with Crippen molar-refractivity contribution in [3.8, 4) is 0 Å². The van der Waals surface area contributed by atoms with Crippen molar-refractivity contribution >= 4 is 5.91 Å². The molecule has 2 fully saturated rings. The molecule has 2 atom stereocenters. The molecular formula is C9H17N3O.